The van der Waals surface area contributed by atoms with Gasteiger partial charge in [0.15, 0.2) is 5.96 Å². The number of hydrogen-bond acceptors (Lipinski definition) is 8. The maximum absolute atomic E-state index is 13.0. The molecule has 2 aromatic carbocycles. The number of amides is 3. The van der Waals surface area contributed by atoms with Gasteiger partial charge >= 0.3 is 5.97 Å². The fraction of sp³-hybridized carbons (Fsp3) is 0.469. The summed E-state index contributed by atoms with van der Waals surface area (Å²) in [4.78, 5) is 51.9. The number of carbonyl (C=O) groups is 4. The van der Waals surface area contributed by atoms with Crippen molar-refractivity contribution < 1.29 is 29.4 Å². The van der Waals surface area contributed by atoms with Crippen LogP contribution < -0.4 is 38.9 Å². The van der Waals surface area contributed by atoms with Crippen LogP contribution in [0.25, 0.3) is 0 Å². The molecule has 13 N–H and O–H groups in total. The van der Waals surface area contributed by atoms with Gasteiger partial charge in [0.05, 0.1) is 6.54 Å². The third-order valence-electron chi connectivity index (χ3n) is 6.38. The van der Waals surface area contributed by atoms with Crippen molar-refractivity contribution in [3.8, 4) is 5.75 Å². The lowest BCUT2D eigenvalue weighted by molar-refractivity contribution is -0.138. The van der Waals surface area contributed by atoms with Gasteiger partial charge in [-0.05, 0) is 81.8 Å². The number of benzene rings is 2. The van der Waals surface area contributed by atoms with Gasteiger partial charge < -0.3 is 49.1 Å². The van der Waals surface area contributed by atoms with Crippen LogP contribution in [0.5, 0.6) is 5.75 Å². The molecule has 256 valence electrons. The second kappa shape index (κ2) is 23.7. The first-order valence-electron chi connectivity index (χ1n) is 15.1. The number of phenolic OH excluding ortho intramolecular Hbond substituents is 1. The van der Waals surface area contributed by atoms with E-state index in [9.17, 15) is 24.3 Å². The predicted molar refractivity (Wildman–Crippen MR) is 180 cm³/mol. The molecule has 0 bridgehead atoms. The maximum Gasteiger partial charge on any atom is 0.322 e. The minimum atomic E-state index is -1.21. The molecule has 0 heterocycles. The molecule has 46 heavy (non-hydrogen) atoms. The minimum Gasteiger partial charge on any atom is -0.508 e. The standard InChI is InChI=1S/C21H33N5O6.C7H8.C4H11N3/c1-12-7-14(27)8-13(2)15(12)9-17(25-18(28)10-23)21(32)26-16(5-3-4-6-22)20(31)24-11-19(29)30;1-7-5-3-2-4-6-7;1-2-3-7-4(5)6/h7-8,16-17,27H,3-6,9-11,22-23H2,1-2H3,(H,24,31)(H,25,28)(H,26,32)(H,29,30);2-6H,1H3;2-3H2,1H3,(H4,5,6,7)/t16?,17-;;/m0../s1. The van der Waals surface area contributed by atoms with Gasteiger partial charge in [-0.25, -0.2) is 0 Å². The molecular weight excluding hydrogens is 592 g/mol. The van der Waals surface area contributed by atoms with Crippen LogP contribution in [-0.2, 0) is 25.6 Å². The highest BCUT2D eigenvalue weighted by atomic mass is 16.4. The van der Waals surface area contributed by atoms with E-state index in [1.165, 1.54) is 5.56 Å². The van der Waals surface area contributed by atoms with Gasteiger partial charge in [0.2, 0.25) is 17.7 Å². The van der Waals surface area contributed by atoms with Crippen molar-refractivity contribution >= 4 is 29.7 Å². The lowest BCUT2D eigenvalue weighted by Gasteiger charge is -2.24. The summed E-state index contributed by atoms with van der Waals surface area (Å²) in [5.41, 5.74) is 24.4. The molecule has 0 saturated carbocycles. The number of hydrogen-bond donors (Lipinski definition) is 9. The summed E-state index contributed by atoms with van der Waals surface area (Å²) in [6.45, 7) is 7.89. The first kappa shape index (κ1) is 41.3. The van der Waals surface area contributed by atoms with E-state index in [1.54, 1.807) is 26.0 Å². The minimum absolute atomic E-state index is 0.0887. The highest BCUT2D eigenvalue weighted by Gasteiger charge is 2.27. The Morgan fingerprint density at radius 2 is 1.50 bits per heavy atom. The summed E-state index contributed by atoms with van der Waals surface area (Å²) >= 11 is 0. The number of unbranched alkanes of at least 4 members (excludes halogenated alkanes) is 1. The zero-order chi connectivity index (χ0) is 35.1. The molecule has 14 nitrogen and oxygen atoms in total. The summed E-state index contributed by atoms with van der Waals surface area (Å²) in [5, 5.41) is 26.0. The van der Waals surface area contributed by atoms with E-state index < -0.39 is 42.3 Å². The van der Waals surface area contributed by atoms with Crippen molar-refractivity contribution in [3.63, 3.8) is 0 Å². The van der Waals surface area contributed by atoms with Crippen molar-refractivity contribution in [1.82, 2.24) is 16.0 Å². The third-order valence-corrected chi connectivity index (χ3v) is 6.38. The monoisotopic (exact) mass is 644 g/mol. The number of aliphatic carboxylic acids is 1. The van der Waals surface area contributed by atoms with Crippen LogP contribution in [0.1, 0.15) is 54.9 Å². The normalized spacial score (nSPS) is 11.3. The largest absolute Gasteiger partial charge is 0.508 e. The highest BCUT2D eigenvalue weighted by molar-refractivity contribution is 5.93. The first-order chi connectivity index (χ1) is 21.7. The van der Waals surface area contributed by atoms with Crippen LogP contribution in [0, 0.1) is 20.8 Å². The fourth-order valence-corrected chi connectivity index (χ4v) is 4.05. The highest BCUT2D eigenvalue weighted by Crippen LogP contribution is 2.22. The summed E-state index contributed by atoms with van der Waals surface area (Å²) < 4.78 is 0. The van der Waals surface area contributed by atoms with E-state index in [0.717, 1.165) is 29.7 Å². The number of aliphatic imine (C=N–C) groups is 1. The summed E-state index contributed by atoms with van der Waals surface area (Å²) in [7, 11) is 0. The van der Waals surface area contributed by atoms with E-state index in [2.05, 4.69) is 40.0 Å². The Morgan fingerprint density at radius 1 is 0.891 bits per heavy atom. The van der Waals surface area contributed by atoms with Crippen LogP contribution in [-0.4, -0.2) is 78.1 Å². The average molecular weight is 645 g/mol. The smallest absolute Gasteiger partial charge is 0.322 e. The number of rotatable bonds is 15. The second-order valence-corrected chi connectivity index (χ2v) is 10.5. The Kier molecular flexibility index (Phi) is 21.2. The molecule has 14 heteroatoms. The Labute approximate surface area is 271 Å². The van der Waals surface area contributed by atoms with Crippen molar-refractivity contribution in [3.05, 3.63) is 64.7 Å². The van der Waals surface area contributed by atoms with E-state index in [0.29, 0.717) is 19.4 Å². The van der Waals surface area contributed by atoms with E-state index in [4.69, 9.17) is 28.0 Å². The Hall–Kier alpha value is -4.69. The maximum atomic E-state index is 13.0. The van der Waals surface area contributed by atoms with Gasteiger partial charge in [-0.2, -0.15) is 0 Å². The van der Waals surface area contributed by atoms with Crippen LogP contribution in [0.3, 0.4) is 0 Å². The number of phenols is 1. The molecule has 2 aromatic rings. The van der Waals surface area contributed by atoms with E-state index in [-0.39, 0.29) is 31.1 Å². The summed E-state index contributed by atoms with van der Waals surface area (Å²) in [6, 6.07) is 11.3. The Bertz CT molecular complexity index is 1230. The molecular formula is C32H52N8O6. The second-order valence-electron chi connectivity index (χ2n) is 10.5. The molecule has 1 unspecified atom stereocenters. The molecule has 0 aromatic heterocycles. The molecule has 0 aliphatic heterocycles. The zero-order valence-corrected chi connectivity index (χ0v) is 27.3. The topological polar surface area (TPSA) is 261 Å². The number of nitrogens with one attached hydrogen (secondary N) is 3. The fourth-order valence-electron chi connectivity index (χ4n) is 4.05. The van der Waals surface area contributed by atoms with Gasteiger partial charge in [-0.1, -0.05) is 42.8 Å². The Morgan fingerprint density at radius 3 is 1.93 bits per heavy atom. The van der Waals surface area contributed by atoms with Crippen molar-refractivity contribution in [2.75, 3.05) is 26.2 Å². The average Bonchev–Trinajstić information content (AvgIpc) is 3.00. The van der Waals surface area contributed by atoms with E-state index >= 15 is 0 Å². The van der Waals surface area contributed by atoms with Crippen molar-refractivity contribution in [2.45, 2.75) is 71.9 Å². The summed E-state index contributed by atoms with van der Waals surface area (Å²) in [5.74, 6) is -2.74. The lowest BCUT2D eigenvalue weighted by Crippen LogP contribution is -2.55. The number of guanidine groups is 1. The number of nitrogens with zero attached hydrogens (tertiary/aromatic N) is 1. The third kappa shape index (κ3) is 18.9. The molecule has 0 spiro atoms. The van der Waals surface area contributed by atoms with Crippen LogP contribution in [0.4, 0.5) is 0 Å². The number of carboxylic acid groups (broad SMARTS) is 1. The molecule has 0 aliphatic carbocycles. The summed E-state index contributed by atoms with van der Waals surface area (Å²) in [6.07, 6.45) is 2.53. The van der Waals surface area contributed by atoms with E-state index in [1.807, 2.05) is 25.1 Å². The number of aromatic hydroxyl groups is 1. The molecule has 2 atom stereocenters. The van der Waals surface area contributed by atoms with Crippen LogP contribution >= 0.6 is 0 Å². The van der Waals surface area contributed by atoms with Crippen LogP contribution in [0.2, 0.25) is 0 Å². The van der Waals surface area contributed by atoms with Crippen LogP contribution in [0.15, 0.2) is 47.5 Å². The van der Waals surface area contributed by atoms with Gasteiger partial charge in [0.25, 0.3) is 0 Å². The quantitative estimate of drug-likeness (QED) is 0.0735. The molecule has 0 radical (unpaired) electrons. The zero-order valence-electron chi connectivity index (χ0n) is 27.3. The SMILES string of the molecule is CCCN=C(N)N.Cc1cc(O)cc(C)c1C[C@H](NC(=O)CN)C(=O)NC(CCCCN)C(=O)NCC(=O)O.Cc1ccccc1. The molecule has 2 rings (SSSR count). The number of aryl methyl sites for hydroxylation is 3. The molecule has 0 saturated heterocycles. The van der Waals surface area contributed by atoms with Crippen molar-refractivity contribution in [2.24, 2.45) is 27.9 Å². The van der Waals surface area contributed by atoms with Gasteiger partial charge in [0, 0.05) is 13.0 Å². The molecule has 3 amide bonds. The molecule has 0 aliphatic rings. The predicted octanol–water partition coefficient (Wildman–Crippen LogP) is 0.474. The number of carboxylic acids is 1. The first-order valence-corrected chi connectivity index (χ1v) is 15.1. The number of carbonyl (C=O) groups excluding carboxylic acids is 3. The van der Waals surface area contributed by atoms with Gasteiger partial charge in [-0.3, -0.25) is 24.2 Å². The number of nitrogens with two attached hydrogens (primary N) is 4. The molecule has 0 fully saturated rings. The lowest BCUT2D eigenvalue weighted by atomic mass is 9.95. The van der Waals surface area contributed by atoms with Gasteiger partial charge in [0.1, 0.15) is 24.4 Å². The van der Waals surface area contributed by atoms with Gasteiger partial charge in [-0.15, -0.1) is 0 Å². The van der Waals surface area contributed by atoms with Crippen molar-refractivity contribution in [1.29, 1.82) is 0 Å². The Balaban J connectivity index is 0.00000118.